The Hall–Kier alpha value is -0.610. The van der Waals surface area contributed by atoms with Crippen molar-refractivity contribution in [2.75, 3.05) is 6.54 Å². The second-order valence-electron chi connectivity index (χ2n) is 4.89. The molecule has 2 unspecified atom stereocenters. The monoisotopic (exact) mass is 391 g/mol. The molecule has 0 saturated carbocycles. The van der Waals surface area contributed by atoms with E-state index in [9.17, 15) is 4.39 Å². The van der Waals surface area contributed by atoms with E-state index in [0.29, 0.717) is 11.6 Å². The van der Waals surface area contributed by atoms with E-state index in [1.54, 1.807) is 6.07 Å². The Bertz CT molecular complexity index is 569. The van der Waals surface area contributed by atoms with Gasteiger partial charge in [0.1, 0.15) is 5.82 Å². The van der Waals surface area contributed by atoms with Crippen molar-refractivity contribution in [3.8, 4) is 0 Å². The van der Waals surface area contributed by atoms with Crippen LogP contribution in [-0.4, -0.2) is 6.54 Å². The van der Waals surface area contributed by atoms with Crippen LogP contribution < -0.4 is 5.73 Å². The van der Waals surface area contributed by atoms with Gasteiger partial charge < -0.3 is 5.73 Å². The Morgan fingerprint density at radius 2 is 1.76 bits per heavy atom. The summed E-state index contributed by atoms with van der Waals surface area (Å²) in [4.78, 5) is 0. The number of rotatable bonds is 4. The van der Waals surface area contributed by atoms with E-state index in [2.05, 4.69) is 22.9 Å². The summed E-state index contributed by atoms with van der Waals surface area (Å²) in [5.74, 6) is -0.00901. The van der Waals surface area contributed by atoms with E-state index in [0.717, 1.165) is 15.6 Å². The molecule has 0 aliphatic rings. The van der Waals surface area contributed by atoms with Gasteiger partial charge in [-0.25, -0.2) is 4.39 Å². The molecule has 0 radical (unpaired) electrons. The lowest BCUT2D eigenvalue weighted by molar-refractivity contribution is 0.572. The van der Waals surface area contributed by atoms with Gasteiger partial charge in [-0.05, 0) is 53.9 Å². The maximum atomic E-state index is 13.6. The van der Waals surface area contributed by atoms with Crippen LogP contribution in [0.1, 0.15) is 29.9 Å². The summed E-state index contributed by atoms with van der Waals surface area (Å²) in [7, 11) is 0. The van der Waals surface area contributed by atoms with Gasteiger partial charge >= 0.3 is 0 Å². The van der Waals surface area contributed by atoms with E-state index < -0.39 is 0 Å². The molecular weight excluding hydrogens is 376 g/mol. The zero-order valence-corrected chi connectivity index (χ0v) is 14.7. The molecular formula is C16H17BrCl2FN. The molecule has 114 valence electrons. The molecule has 0 spiro atoms. The molecule has 0 aliphatic carbocycles. The van der Waals surface area contributed by atoms with Crippen LogP contribution in [0.3, 0.4) is 0 Å². The van der Waals surface area contributed by atoms with Crippen LogP contribution in [-0.2, 0) is 0 Å². The van der Waals surface area contributed by atoms with Gasteiger partial charge in [-0.2, -0.15) is 0 Å². The molecule has 0 heterocycles. The Balaban J connectivity index is 0.00000220. The fraction of sp³-hybridized carbons (Fsp3) is 0.250. The first-order valence-electron chi connectivity index (χ1n) is 6.42. The molecule has 5 heteroatoms. The van der Waals surface area contributed by atoms with Crippen LogP contribution in [0.25, 0.3) is 0 Å². The van der Waals surface area contributed by atoms with E-state index in [1.807, 2.05) is 30.3 Å². The van der Waals surface area contributed by atoms with Crippen molar-refractivity contribution < 1.29 is 4.39 Å². The van der Waals surface area contributed by atoms with Gasteiger partial charge in [0.15, 0.2) is 0 Å². The Kier molecular flexibility index (Phi) is 7.14. The highest BCUT2D eigenvalue weighted by Crippen LogP contribution is 2.34. The van der Waals surface area contributed by atoms with Gasteiger partial charge in [0.25, 0.3) is 0 Å². The molecule has 21 heavy (non-hydrogen) atoms. The minimum atomic E-state index is -0.254. The van der Waals surface area contributed by atoms with Crippen LogP contribution in [0.2, 0.25) is 5.02 Å². The summed E-state index contributed by atoms with van der Waals surface area (Å²) in [5, 5.41) is 0.707. The first-order valence-corrected chi connectivity index (χ1v) is 7.60. The van der Waals surface area contributed by atoms with Gasteiger partial charge in [0.05, 0.1) is 0 Å². The Morgan fingerprint density at radius 1 is 1.14 bits per heavy atom. The molecule has 0 amide bonds. The maximum Gasteiger partial charge on any atom is 0.124 e. The van der Waals surface area contributed by atoms with E-state index in [1.165, 1.54) is 6.07 Å². The fourth-order valence-corrected chi connectivity index (χ4v) is 3.03. The molecule has 2 atom stereocenters. The first kappa shape index (κ1) is 18.4. The number of benzene rings is 2. The first-order chi connectivity index (χ1) is 9.51. The summed E-state index contributed by atoms with van der Waals surface area (Å²) in [6.45, 7) is 2.55. The lowest BCUT2D eigenvalue weighted by atomic mass is 9.83. The molecule has 0 saturated heterocycles. The molecule has 2 rings (SSSR count). The smallest absolute Gasteiger partial charge is 0.124 e. The lowest BCUT2D eigenvalue weighted by Gasteiger charge is -2.24. The summed E-state index contributed by atoms with van der Waals surface area (Å²) < 4.78 is 14.3. The molecule has 2 aromatic rings. The molecule has 0 aromatic heterocycles. The highest BCUT2D eigenvalue weighted by molar-refractivity contribution is 9.10. The summed E-state index contributed by atoms with van der Waals surface area (Å²) >= 11 is 9.23. The third-order valence-corrected chi connectivity index (χ3v) is 4.28. The Labute approximate surface area is 144 Å². The van der Waals surface area contributed by atoms with Crippen molar-refractivity contribution in [3.05, 3.63) is 68.9 Å². The molecule has 0 bridgehead atoms. The quantitative estimate of drug-likeness (QED) is 0.729. The van der Waals surface area contributed by atoms with E-state index in [4.69, 9.17) is 17.3 Å². The average Bonchev–Trinajstić information content (AvgIpc) is 2.39. The summed E-state index contributed by atoms with van der Waals surface area (Å²) in [6, 6.07) is 12.6. The minimum Gasteiger partial charge on any atom is -0.330 e. The molecule has 1 nitrogen and oxygen atoms in total. The second kappa shape index (κ2) is 8.14. The normalized spacial score (nSPS) is 13.4. The number of hydrogen-bond donors (Lipinski definition) is 1. The minimum absolute atomic E-state index is 0. The largest absolute Gasteiger partial charge is 0.330 e. The predicted molar refractivity (Wildman–Crippen MR) is 93.0 cm³/mol. The van der Waals surface area contributed by atoms with Crippen molar-refractivity contribution in [1.29, 1.82) is 0 Å². The van der Waals surface area contributed by atoms with Crippen LogP contribution in [0.4, 0.5) is 4.39 Å². The molecule has 2 aromatic carbocycles. The maximum absolute atomic E-state index is 13.6. The van der Waals surface area contributed by atoms with Crippen molar-refractivity contribution in [3.63, 3.8) is 0 Å². The zero-order valence-electron chi connectivity index (χ0n) is 11.5. The standard InChI is InChI=1S/C16H16BrClFN.ClH/c1-10(11-2-4-14(18)5-3-11)16(9-20)12-6-13(17)8-15(19)7-12;/h2-8,10,16H,9,20H2,1H3;1H. The molecule has 0 aliphatic heterocycles. The molecule has 2 N–H and O–H groups in total. The highest BCUT2D eigenvalue weighted by Gasteiger charge is 2.20. The van der Waals surface area contributed by atoms with Crippen LogP contribution >= 0.6 is 39.9 Å². The summed E-state index contributed by atoms with van der Waals surface area (Å²) in [6.07, 6.45) is 0. The average molecular weight is 393 g/mol. The Morgan fingerprint density at radius 3 is 2.29 bits per heavy atom. The highest BCUT2D eigenvalue weighted by atomic mass is 79.9. The number of halogens is 4. The third kappa shape index (κ3) is 4.68. The van der Waals surface area contributed by atoms with Gasteiger partial charge in [0, 0.05) is 15.4 Å². The number of nitrogens with two attached hydrogens (primary N) is 1. The third-order valence-electron chi connectivity index (χ3n) is 3.57. The summed E-state index contributed by atoms with van der Waals surface area (Å²) in [5.41, 5.74) is 7.96. The SMILES string of the molecule is CC(c1ccc(Cl)cc1)C(CN)c1cc(F)cc(Br)c1.Cl. The lowest BCUT2D eigenvalue weighted by Crippen LogP contribution is -2.18. The van der Waals surface area contributed by atoms with Crippen LogP contribution in [0.5, 0.6) is 0 Å². The van der Waals surface area contributed by atoms with Gasteiger partial charge in [0.2, 0.25) is 0 Å². The second-order valence-corrected chi connectivity index (χ2v) is 6.24. The van der Waals surface area contributed by atoms with Gasteiger partial charge in [-0.1, -0.05) is 46.6 Å². The predicted octanol–water partition coefficient (Wildman–Crippen LogP) is 5.51. The number of hydrogen-bond acceptors (Lipinski definition) is 1. The fourth-order valence-electron chi connectivity index (χ4n) is 2.42. The molecule has 0 fully saturated rings. The van der Waals surface area contributed by atoms with Crippen molar-refractivity contribution in [2.24, 2.45) is 5.73 Å². The topological polar surface area (TPSA) is 26.0 Å². The zero-order chi connectivity index (χ0) is 14.7. The van der Waals surface area contributed by atoms with Gasteiger partial charge in [-0.3, -0.25) is 0 Å². The van der Waals surface area contributed by atoms with E-state index >= 15 is 0 Å². The van der Waals surface area contributed by atoms with Crippen LogP contribution in [0.15, 0.2) is 46.9 Å². The van der Waals surface area contributed by atoms with Crippen molar-refractivity contribution >= 4 is 39.9 Å². The van der Waals surface area contributed by atoms with Crippen LogP contribution in [0, 0.1) is 5.82 Å². The van der Waals surface area contributed by atoms with Crippen molar-refractivity contribution in [1.82, 2.24) is 0 Å². The van der Waals surface area contributed by atoms with Crippen molar-refractivity contribution in [2.45, 2.75) is 18.8 Å². The van der Waals surface area contributed by atoms with Gasteiger partial charge in [-0.15, -0.1) is 12.4 Å². The van der Waals surface area contributed by atoms with E-state index in [-0.39, 0.29) is 30.1 Å².